The largest absolute Gasteiger partial charge is 0.480 e. The van der Waals surface area contributed by atoms with Gasteiger partial charge in [-0.25, -0.2) is 4.79 Å². The topological polar surface area (TPSA) is 292 Å². The first-order valence-corrected chi connectivity index (χ1v) is 16.8. The van der Waals surface area contributed by atoms with Crippen LogP contribution >= 0.6 is 11.8 Å². The van der Waals surface area contributed by atoms with Gasteiger partial charge in [-0.2, -0.15) is 11.8 Å². The fraction of sp³-hybridized carbons (Fsp3) is 0.759. The van der Waals surface area contributed by atoms with Crippen LogP contribution in [0.15, 0.2) is 0 Å². The van der Waals surface area contributed by atoms with E-state index in [0.717, 1.165) is 0 Å². The predicted octanol–water partition coefficient (Wildman–Crippen LogP) is -2.70. The van der Waals surface area contributed by atoms with E-state index in [9.17, 15) is 48.9 Å². The van der Waals surface area contributed by atoms with E-state index in [1.807, 2.05) is 6.92 Å². The van der Waals surface area contributed by atoms with Crippen LogP contribution in [0.5, 0.6) is 0 Å². The Morgan fingerprint density at radius 3 is 1.53 bits per heavy atom. The predicted molar refractivity (Wildman–Crippen MR) is 174 cm³/mol. The molecule has 0 aromatic heterocycles. The van der Waals surface area contributed by atoms with Crippen molar-refractivity contribution in [2.24, 2.45) is 23.3 Å². The number of nitrogens with one attached hydrogen (secondary N) is 5. The summed E-state index contributed by atoms with van der Waals surface area (Å²) in [4.78, 5) is 88.5. The van der Waals surface area contributed by atoms with Crippen LogP contribution in [-0.2, 0) is 33.6 Å². The van der Waals surface area contributed by atoms with Gasteiger partial charge in [0.15, 0.2) is 0 Å². The highest BCUT2D eigenvalue weighted by atomic mass is 32.2. The summed E-state index contributed by atoms with van der Waals surface area (Å²) in [6, 6.07) is -8.20. The molecule has 0 unspecified atom stereocenters. The lowest BCUT2D eigenvalue weighted by molar-refractivity contribution is -0.143. The highest BCUT2D eigenvalue weighted by Gasteiger charge is 2.36. The number of nitrogens with two attached hydrogens (primary N) is 2. The van der Waals surface area contributed by atoms with E-state index in [2.05, 4.69) is 26.6 Å². The number of primary amides is 1. The van der Waals surface area contributed by atoms with Crippen molar-refractivity contribution in [3.8, 4) is 0 Å². The van der Waals surface area contributed by atoms with E-state index in [4.69, 9.17) is 11.5 Å². The molecule has 18 heteroatoms. The minimum absolute atomic E-state index is 0.0679. The van der Waals surface area contributed by atoms with Gasteiger partial charge in [0.25, 0.3) is 0 Å². The van der Waals surface area contributed by atoms with Gasteiger partial charge in [0, 0.05) is 6.42 Å². The number of carboxylic acids is 1. The second kappa shape index (κ2) is 21.4. The molecule has 47 heavy (non-hydrogen) atoms. The lowest BCUT2D eigenvalue weighted by Gasteiger charge is -2.29. The third-order valence-corrected chi connectivity index (χ3v) is 8.11. The van der Waals surface area contributed by atoms with Crippen molar-refractivity contribution in [1.29, 1.82) is 0 Å². The highest BCUT2D eigenvalue weighted by Crippen LogP contribution is 2.10. The van der Waals surface area contributed by atoms with Crippen LogP contribution in [0, 0.1) is 11.8 Å². The standard InChI is InChI=1S/C29H53N7O10S/c1-8-14(4)20(31)25(41)34-21(13(2)3)26(42)36-23(16(6)38)27(43)32-17(9-10-19(30)39)24(40)35-22(15(5)37)28(44)33-18(29(45)46)11-12-47-7/h13-18,20-23,37-38H,8-12,31H2,1-7H3,(H2,30,39)(H,32,43)(H,33,44)(H,34,41)(H,35,40)(H,36,42)(H,45,46)/t14-,15+,16+,17-,18-,20-,21-,22-,23-/m0/s1. The number of carbonyl (C=O) groups is 7. The summed E-state index contributed by atoms with van der Waals surface area (Å²) in [5.41, 5.74) is 11.2. The lowest BCUT2D eigenvalue weighted by Crippen LogP contribution is -2.62. The van der Waals surface area contributed by atoms with E-state index in [-0.39, 0.29) is 18.8 Å². The molecule has 12 N–H and O–H groups in total. The first kappa shape index (κ1) is 43.5. The van der Waals surface area contributed by atoms with Crippen molar-refractivity contribution < 1.29 is 48.9 Å². The zero-order valence-corrected chi connectivity index (χ0v) is 28.9. The summed E-state index contributed by atoms with van der Waals surface area (Å²) < 4.78 is 0. The number of hydrogen-bond donors (Lipinski definition) is 10. The van der Waals surface area contributed by atoms with E-state index in [1.54, 1.807) is 27.0 Å². The van der Waals surface area contributed by atoms with Crippen LogP contribution in [0.4, 0.5) is 0 Å². The SMILES string of the molecule is CC[C@H](C)[C@H](N)C(=O)N[C@H](C(=O)N[C@H](C(=O)N[C@@H](CCC(N)=O)C(=O)N[C@H](C(=O)N[C@@H](CCSC)C(=O)O)[C@@H](C)O)[C@@H](C)O)C(C)C. The molecule has 0 aliphatic rings. The number of rotatable bonds is 22. The monoisotopic (exact) mass is 691 g/mol. The maximum Gasteiger partial charge on any atom is 0.326 e. The summed E-state index contributed by atoms with van der Waals surface area (Å²) in [5, 5.41) is 41.9. The number of carbonyl (C=O) groups excluding carboxylic acids is 6. The number of thioether (sulfide) groups is 1. The molecule has 0 fully saturated rings. The normalized spacial score (nSPS) is 17.0. The van der Waals surface area contributed by atoms with Gasteiger partial charge in [-0.05, 0) is 50.5 Å². The molecule has 270 valence electrons. The second-order valence-corrected chi connectivity index (χ2v) is 12.8. The summed E-state index contributed by atoms with van der Waals surface area (Å²) in [6.07, 6.45) is -1.35. The van der Waals surface area contributed by atoms with Crippen molar-refractivity contribution in [3.05, 3.63) is 0 Å². The third kappa shape index (κ3) is 15.3. The van der Waals surface area contributed by atoms with E-state index in [1.165, 1.54) is 25.6 Å². The maximum absolute atomic E-state index is 13.3. The van der Waals surface area contributed by atoms with Crippen molar-refractivity contribution in [2.45, 2.75) is 116 Å². The Morgan fingerprint density at radius 2 is 1.13 bits per heavy atom. The second-order valence-electron chi connectivity index (χ2n) is 11.8. The van der Waals surface area contributed by atoms with Gasteiger partial charge in [0.1, 0.15) is 30.2 Å². The Bertz CT molecular complexity index is 1090. The number of amides is 6. The molecule has 0 radical (unpaired) electrons. The molecule has 6 amide bonds. The van der Waals surface area contributed by atoms with Crippen molar-refractivity contribution in [2.75, 3.05) is 12.0 Å². The van der Waals surface area contributed by atoms with E-state index >= 15 is 0 Å². The van der Waals surface area contributed by atoms with E-state index in [0.29, 0.717) is 12.2 Å². The summed E-state index contributed by atoms with van der Waals surface area (Å²) in [5.74, 6) is -6.88. The summed E-state index contributed by atoms with van der Waals surface area (Å²) in [6.45, 7) is 9.32. The molecule has 0 aromatic carbocycles. The minimum atomic E-state index is -1.66. The Kier molecular flexibility index (Phi) is 19.8. The van der Waals surface area contributed by atoms with Crippen LogP contribution in [-0.4, -0.2) is 117 Å². The van der Waals surface area contributed by atoms with Crippen LogP contribution in [0.25, 0.3) is 0 Å². The molecule has 0 spiro atoms. The molecule has 0 heterocycles. The number of aliphatic hydroxyl groups excluding tert-OH is 2. The molecule has 0 aliphatic heterocycles. The van der Waals surface area contributed by atoms with Gasteiger partial charge in [-0.15, -0.1) is 0 Å². The fourth-order valence-electron chi connectivity index (χ4n) is 4.18. The molecule has 0 aliphatic carbocycles. The first-order chi connectivity index (χ1) is 21.8. The van der Waals surface area contributed by atoms with Crippen LogP contribution in [0.3, 0.4) is 0 Å². The fourth-order valence-corrected chi connectivity index (χ4v) is 4.65. The van der Waals surface area contributed by atoms with Crippen molar-refractivity contribution in [1.82, 2.24) is 26.6 Å². The first-order valence-electron chi connectivity index (χ1n) is 15.4. The molecular weight excluding hydrogens is 638 g/mol. The Hall–Kier alpha value is -3.48. The molecule has 0 rings (SSSR count). The van der Waals surface area contributed by atoms with Gasteiger partial charge in [0.2, 0.25) is 35.4 Å². The molecule has 0 saturated heterocycles. The van der Waals surface area contributed by atoms with Crippen molar-refractivity contribution >= 4 is 53.2 Å². The Labute approximate surface area is 279 Å². The molecule has 17 nitrogen and oxygen atoms in total. The van der Waals surface area contributed by atoms with Crippen LogP contribution < -0.4 is 38.1 Å². The molecule has 0 aromatic rings. The van der Waals surface area contributed by atoms with Gasteiger partial charge < -0.3 is 53.4 Å². The van der Waals surface area contributed by atoms with E-state index < -0.39 is 102 Å². The quantitative estimate of drug-likeness (QED) is 0.0555. The number of carboxylic acid groups (broad SMARTS) is 1. The zero-order valence-electron chi connectivity index (χ0n) is 28.1. The number of aliphatic carboxylic acids is 1. The minimum Gasteiger partial charge on any atom is -0.480 e. The average Bonchev–Trinajstić information content (AvgIpc) is 2.98. The highest BCUT2D eigenvalue weighted by molar-refractivity contribution is 7.98. The van der Waals surface area contributed by atoms with Gasteiger partial charge in [0.05, 0.1) is 18.2 Å². The third-order valence-electron chi connectivity index (χ3n) is 7.47. The maximum atomic E-state index is 13.3. The smallest absolute Gasteiger partial charge is 0.326 e. The van der Waals surface area contributed by atoms with Gasteiger partial charge in [-0.1, -0.05) is 34.1 Å². The molecular formula is C29H53N7O10S. The lowest BCUT2D eigenvalue weighted by atomic mass is 9.97. The Balaban J connectivity index is 6.01. The number of hydrogen-bond acceptors (Lipinski definition) is 11. The van der Waals surface area contributed by atoms with Gasteiger partial charge in [-0.3, -0.25) is 28.8 Å². The molecule has 9 atom stereocenters. The van der Waals surface area contributed by atoms with Gasteiger partial charge >= 0.3 is 5.97 Å². The molecule has 0 bridgehead atoms. The summed E-state index contributed by atoms with van der Waals surface area (Å²) >= 11 is 1.35. The summed E-state index contributed by atoms with van der Waals surface area (Å²) in [7, 11) is 0. The average molecular weight is 692 g/mol. The number of aliphatic hydroxyl groups is 2. The Morgan fingerprint density at radius 1 is 0.681 bits per heavy atom. The van der Waals surface area contributed by atoms with Crippen molar-refractivity contribution in [3.63, 3.8) is 0 Å². The van der Waals surface area contributed by atoms with Crippen LogP contribution in [0.2, 0.25) is 0 Å². The zero-order chi connectivity index (χ0) is 36.6. The van der Waals surface area contributed by atoms with Crippen LogP contribution in [0.1, 0.15) is 67.2 Å². The molecule has 0 saturated carbocycles.